The minimum Gasteiger partial charge on any atom is -0.398 e. The van der Waals surface area contributed by atoms with Crippen LogP contribution in [-0.2, 0) is 16.6 Å². The molecular weight excluding hydrogens is 412 g/mol. The molecule has 1 heterocycles. The van der Waals surface area contributed by atoms with Crippen LogP contribution in [0, 0.1) is 0 Å². The first kappa shape index (κ1) is 15.4. The predicted octanol–water partition coefficient (Wildman–Crippen LogP) is 2.06. The topological polar surface area (TPSA) is 98.0 Å². The molecule has 0 saturated carbocycles. The van der Waals surface area contributed by atoms with E-state index in [-0.39, 0.29) is 17.1 Å². The third kappa shape index (κ3) is 3.54. The summed E-state index contributed by atoms with van der Waals surface area (Å²) in [5.41, 5.74) is 6.44. The van der Waals surface area contributed by atoms with E-state index in [0.717, 1.165) is 0 Å². The van der Waals surface area contributed by atoms with Gasteiger partial charge in [0.25, 0.3) is 0 Å². The lowest BCUT2D eigenvalue weighted by molar-refractivity contribution is 0.580. The van der Waals surface area contributed by atoms with Gasteiger partial charge in [-0.1, -0.05) is 15.9 Å². The highest BCUT2D eigenvalue weighted by molar-refractivity contribution is 9.11. The summed E-state index contributed by atoms with van der Waals surface area (Å²) in [6.45, 7) is 0.0398. The number of nitrogens with two attached hydrogens (primary N) is 1. The Morgan fingerprint density at radius 3 is 2.65 bits per heavy atom. The molecule has 0 aliphatic carbocycles. The van der Waals surface area contributed by atoms with E-state index in [2.05, 4.69) is 46.8 Å². The van der Waals surface area contributed by atoms with Crippen molar-refractivity contribution in [3.05, 3.63) is 45.1 Å². The average Bonchev–Trinajstić information content (AvgIpc) is 2.36. The van der Waals surface area contributed by atoms with Crippen molar-refractivity contribution in [1.29, 1.82) is 0 Å². The zero-order chi connectivity index (χ0) is 14.8. The van der Waals surface area contributed by atoms with Gasteiger partial charge in [0, 0.05) is 15.1 Å². The fraction of sp³-hybridized carbons (Fsp3) is 0.0909. The fourth-order valence-corrected chi connectivity index (χ4v) is 4.60. The van der Waals surface area contributed by atoms with Gasteiger partial charge in [-0.15, -0.1) is 0 Å². The Balaban J connectivity index is 2.28. The van der Waals surface area contributed by atoms with Gasteiger partial charge in [0.1, 0.15) is 4.90 Å². The number of halogens is 2. The molecule has 6 nitrogen and oxygen atoms in total. The molecule has 0 aliphatic rings. The Morgan fingerprint density at radius 1 is 1.30 bits per heavy atom. The maximum Gasteiger partial charge on any atom is 0.244 e. The number of hydrogen-bond donors (Lipinski definition) is 2. The summed E-state index contributed by atoms with van der Waals surface area (Å²) in [5.74, 6) is 0. The van der Waals surface area contributed by atoms with Gasteiger partial charge in [-0.2, -0.15) is 10.2 Å². The second-order valence-electron chi connectivity index (χ2n) is 3.85. The van der Waals surface area contributed by atoms with E-state index in [1.54, 1.807) is 18.2 Å². The van der Waals surface area contributed by atoms with E-state index in [0.29, 0.717) is 14.6 Å². The number of sulfonamides is 1. The summed E-state index contributed by atoms with van der Waals surface area (Å²) in [6, 6.07) is 6.50. The van der Waals surface area contributed by atoms with Crippen LogP contribution in [0.5, 0.6) is 0 Å². The van der Waals surface area contributed by atoms with Crippen molar-refractivity contribution in [3.63, 3.8) is 0 Å². The smallest absolute Gasteiger partial charge is 0.244 e. The van der Waals surface area contributed by atoms with Gasteiger partial charge >= 0.3 is 0 Å². The van der Waals surface area contributed by atoms with Crippen LogP contribution in [0.25, 0.3) is 0 Å². The van der Waals surface area contributed by atoms with Crippen LogP contribution in [0.15, 0.2) is 44.3 Å². The highest BCUT2D eigenvalue weighted by atomic mass is 79.9. The number of nitrogens with one attached hydrogen (secondary N) is 1. The van der Waals surface area contributed by atoms with Crippen LogP contribution >= 0.6 is 31.9 Å². The average molecular weight is 422 g/mol. The summed E-state index contributed by atoms with van der Waals surface area (Å²) in [6.07, 6.45) is 1.52. The SMILES string of the molecule is Nc1cc(Br)cc(Br)c1S(=O)(=O)NCc1cccnn1. The molecule has 1 aromatic carbocycles. The van der Waals surface area contributed by atoms with Crippen molar-refractivity contribution in [2.24, 2.45) is 0 Å². The Labute approximate surface area is 133 Å². The molecule has 0 fully saturated rings. The van der Waals surface area contributed by atoms with E-state index < -0.39 is 10.0 Å². The van der Waals surface area contributed by atoms with E-state index in [1.807, 2.05) is 0 Å². The maximum absolute atomic E-state index is 12.3. The zero-order valence-electron chi connectivity index (χ0n) is 10.0. The number of aromatic nitrogens is 2. The number of anilines is 1. The van der Waals surface area contributed by atoms with Gasteiger partial charge < -0.3 is 5.73 Å². The maximum atomic E-state index is 12.3. The van der Waals surface area contributed by atoms with Crippen molar-refractivity contribution in [2.45, 2.75) is 11.4 Å². The molecule has 0 bridgehead atoms. The van der Waals surface area contributed by atoms with Gasteiger partial charge in [-0.05, 0) is 40.2 Å². The summed E-state index contributed by atoms with van der Waals surface area (Å²) in [7, 11) is -3.75. The number of nitrogen functional groups attached to an aromatic ring is 1. The van der Waals surface area contributed by atoms with Crippen LogP contribution in [0.4, 0.5) is 5.69 Å². The molecule has 0 amide bonds. The summed E-state index contributed by atoms with van der Waals surface area (Å²) in [5, 5.41) is 7.49. The van der Waals surface area contributed by atoms with Crippen LogP contribution in [0.2, 0.25) is 0 Å². The predicted molar refractivity (Wildman–Crippen MR) is 82.3 cm³/mol. The molecule has 0 saturated heterocycles. The van der Waals surface area contributed by atoms with Crippen LogP contribution in [0.3, 0.4) is 0 Å². The fourth-order valence-electron chi connectivity index (χ4n) is 1.53. The molecule has 0 aliphatic heterocycles. The number of hydrogen-bond acceptors (Lipinski definition) is 5. The Hall–Kier alpha value is -1.03. The van der Waals surface area contributed by atoms with E-state index in [4.69, 9.17) is 5.73 Å². The molecule has 1 aromatic heterocycles. The first-order valence-corrected chi connectivity index (χ1v) is 8.48. The van der Waals surface area contributed by atoms with Crippen molar-refractivity contribution in [2.75, 3.05) is 5.73 Å². The van der Waals surface area contributed by atoms with Crippen molar-refractivity contribution >= 4 is 47.6 Å². The van der Waals surface area contributed by atoms with Gasteiger partial charge in [0.05, 0.1) is 17.9 Å². The zero-order valence-corrected chi connectivity index (χ0v) is 14.0. The third-order valence-electron chi connectivity index (χ3n) is 2.38. The van der Waals surface area contributed by atoms with E-state index in [1.165, 1.54) is 12.3 Å². The largest absolute Gasteiger partial charge is 0.398 e. The lowest BCUT2D eigenvalue weighted by Crippen LogP contribution is -2.25. The summed E-state index contributed by atoms with van der Waals surface area (Å²) < 4.78 is 28.1. The molecule has 20 heavy (non-hydrogen) atoms. The first-order valence-electron chi connectivity index (χ1n) is 5.41. The molecule has 3 N–H and O–H groups in total. The monoisotopic (exact) mass is 420 g/mol. The third-order valence-corrected chi connectivity index (χ3v) is 5.24. The Kier molecular flexibility index (Phi) is 4.74. The summed E-state index contributed by atoms with van der Waals surface area (Å²) in [4.78, 5) is 0.00425. The van der Waals surface area contributed by atoms with Crippen LogP contribution in [-0.4, -0.2) is 18.6 Å². The van der Waals surface area contributed by atoms with Crippen molar-refractivity contribution < 1.29 is 8.42 Å². The second-order valence-corrected chi connectivity index (χ2v) is 7.32. The van der Waals surface area contributed by atoms with Crippen molar-refractivity contribution in [1.82, 2.24) is 14.9 Å². The molecule has 9 heteroatoms. The molecule has 0 atom stereocenters. The Bertz CT molecular complexity index is 699. The molecule has 0 unspecified atom stereocenters. The lowest BCUT2D eigenvalue weighted by Gasteiger charge is -2.11. The Morgan fingerprint density at radius 2 is 2.05 bits per heavy atom. The molecule has 0 radical (unpaired) electrons. The van der Waals surface area contributed by atoms with Gasteiger partial charge in [-0.3, -0.25) is 0 Å². The highest BCUT2D eigenvalue weighted by Gasteiger charge is 2.21. The van der Waals surface area contributed by atoms with Crippen LogP contribution < -0.4 is 10.5 Å². The lowest BCUT2D eigenvalue weighted by atomic mass is 10.3. The normalized spacial score (nSPS) is 11.5. The molecule has 106 valence electrons. The van der Waals surface area contributed by atoms with E-state index in [9.17, 15) is 8.42 Å². The second kappa shape index (κ2) is 6.17. The number of benzene rings is 1. The number of nitrogens with zero attached hydrogens (tertiary/aromatic N) is 2. The molecule has 2 aromatic rings. The van der Waals surface area contributed by atoms with E-state index >= 15 is 0 Å². The minimum atomic E-state index is -3.75. The minimum absolute atomic E-state index is 0.00425. The van der Waals surface area contributed by atoms with Gasteiger partial charge in [0.2, 0.25) is 10.0 Å². The molecular formula is C11H10Br2N4O2S. The molecule has 2 rings (SSSR count). The first-order chi connectivity index (χ1) is 9.40. The van der Waals surface area contributed by atoms with Crippen molar-refractivity contribution in [3.8, 4) is 0 Å². The standard InChI is InChI=1S/C11H10Br2N4O2S/c12-7-4-9(13)11(10(14)5-7)20(18,19)16-6-8-2-1-3-15-17-8/h1-5,16H,6,14H2. The summed E-state index contributed by atoms with van der Waals surface area (Å²) >= 11 is 6.45. The van der Waals surface area contributed by atoms with Crippen LogP contribution in [0.1, 0.15) is 5.69 Å². The van der Waals surface area contributed by atoms with Gasteiger partial charge in [-0.25, -0.2) is 13.1 Å². The highest BCUT2D eigenvalue weighted by Crippen LogP contribution is 2.31. The van der Waals surface area contributed by atoms with Gasteiger partial charge in [0.15, 0.2) is 0 Å². The molecule has 0 spiro atoms. The quantitative estimate of drug-likeness (QED) is 0.736. The number of rotatable bonds is 4.